The molecule has 29 heavy (non-hydrogen) atoms. The monoisotopic (exact) mass is 410 g/mol. The molecular weight excluding hydrogens is 388 g/mol. The van der Waals surface area contributed by atoms with E-state index in [0.29, 0.717) is 38.3 Å². The molecule has 1 aliphatic heterocycles. The summed E-state index contributed by atoms with van der Waals surface area (Å²) in [5.41, 5.74) is -0.223. The summed E-state index contributed by atoms with van der Waals surface area (Å²) in [6.07, 6.45) is -4.83. The van der Waals surface area contributed by atoms with E-state index < -0.39 is 23.7 Å². The number of anilines is 1. The van der Waals surface area contributed by atoms with Crippen molar-refractivity contribution in [1.82, 2.24) is 4.90 Å². The van der Waals surface area contributed by atoms with Crippen LogP contribution in [0.15, 0.2) is 48.5 Å². The van der Waals surface area contributed by atoms with Crippen molar-refractivity contribution in [3.63, 3.8) is 0 Å². The highest BCUT2D eigenvalue weighted by Gasteiger charge is 2.32. The highest BCUT2D eigenvalue weighted by Crippen LogP contribution is 2.32. The van der Waals surface area contributed by atoms with Crippen LogP contribution < -0.4 is 9.64 Å². The Hall–Kier alpha value is -2.77. The topological polar surface area (TPSA) is 32.8 Å². The third-order valence-electron chi connectivity index (χ3n) is 4.88. The van der Waals surface area contributed by atoms with Crippen LogP contribution in [0.1, 0.15) is 18.9 Å². The van der Waals surface area contributed by atoms with Gasteiger partial charge in [-0.25, -0.2) is 4.39 Å². The number of nitrogens with zero attached hydrogens (tertiary/aromatic N) is 2. The molecule has 0 aliphatic carbocycles. The second kappa shape index (κ2) is 8.71. The van der Waals surface area contributed by atoms with Gasteiger partial charge < -0.3 is 14.5 Å². The summed E-state index contributed by atoms with van der Waals surface area (Å²) in [6, 6.07) is 11.1. The zero-order valence-electron chi connectivity index (χ0n) is 16.0. The Bertz CT molecular complexity index is 849. The molecule has 156 valence electrons. The Labute approximate surface area is 166 Å². The lowest BCUT2D eigenvalue weighted by atomic mass is 10.1. The number of rotatable bonds is 5. The molecule has 1 heterocycles. The van der Waals surface area contributed by atoms with Gasteiger partial charge in [0.15, 0.2) is 17.7 Å². The van der Waals surface area contributed by atoms with E-state index in [1.807, 2.05) is 4.90 Å². The minimum Gasteiger partial charge on any atom is -0.478 e. The number of amides is 1. The molecule has 1 aliphatic rings. The fraction of sp³-hybridized carbons (Fsp3) is 0.381. The lowest BCUT2D eigenvalue weighted by Crippen LogP contribution is -2.52. The Balaban J connectivity index is 1.62. The molecule has 2 aromatic carbocycles. The normalized spacial score (nSPS) is 15.9. The van der Waals surface area contributed by atoms with Crippen molar-refractivity contribution in [2.24, 2.45) is 0 Å². The number of carbonyl (C=O) groups excluding carboxylic acids is 1. The molecule has 1 saturated heterocycles. The number of carbonyl (C=O) groups is 1. The lowest BCUT2D eigenvalue weighted by Gasteiger charge is -2.37. The van der Waals surface area contributed by atoms with Crippen LogP contribution in [-0.4, -0.2) is 43.1 Å². The number of benzene rings is 2. The summed E-state index contributed by atoms with van der Waals surface area (Å²) in [7, 11) is 0. The van der Waals surface area contributed by atoms with Gasteiger partial charge in [0, 0.05) is 31.9 Å². The number of alkyl halides is 3. The van der Waals surface area contributed by atoms with E-state index in [1.54, 1.807) is 24.0 Å². The van der Waals surface area contributed by atoms with E-state index in [9.17, 15) is 22.4 Å². The first-order chi connectivity index (χ1) is 13.8. The van der Waals surface area contributed by atoms with Gasteiger partial charge in [-0.05, 0) is 36.8 Å². The Morgan fingerprint density at radius 3 is 2.38 bits per heavy atom. The van der Waals surface area contributed by atoms with Crippen LogP contribution in [0.5, 0.6) is 5.75 Å². The summed E-state index contributed by atoms with van der Waals surface area (Å²) >= 11 is 0. The van der Waals surface area contributed by atoms with Crippen LogP contribution >= 0.6 is 0 Å². The van der Waals surface area contributed by atoms with Crippen molar-refractivity contribution >= 4 is 11.6 Å². The van der Waals surface area contributed by atoms with Crippen molar-refractivity contribution < 1.29 is 27.1 Å². The largest absolute Gasteiger partial charge is 0.478 e. The van der Waals surface area contributed by atoms with Gasteiger partial charge in [-0.15, -0.1) is 0 Å². The van der Waals surface area contributed by atoms with Crippen molar-refractivity contribution in [3.8, 4) is 5.75 Å². The van der Waals surface area contributed by atoms with Crippen LogP contribution in [0.4, 0.5) is 23.2 Å². The first-order valence-electron chi connectivity index (χ1n) is 9.41. The maximum absolute atomic E-state index is 13.8. The molecule has 2 aromatic rings. The smallest absolute Gasteiger partial charge is 0.416 e. The van der Waals surface area contributed by atoms with Crippen LogP contribution in [0.2, 0.25) is 0 Å². The maximum Gasteiger partial charge on any atom is 0.416 e. The summed E-state index contributed by atoms with van der Waals surface area (Å²) in [5, 5.41) is 0. The van der Waals surface area contributed by atoms with Gasteiger partial charge in [0.1, 0.15) is 0 Å². The molecule has 0 aromatic heterocycles. The summed E-state index contributed by atoms with van der Waals surface area (Å²) in [6.45, 7) is 3.30. The molecule has 0 radical (unpaired) electrons. The number of para-hydroxylation sites is 1. The summed E-state index contributed by atoms with van der Waals surface area (Å²) in [4.78, 5) is 16.2. The van der Waals surface area contributed by atoms with E-state index in [0.717, 1.165) is 12.1 Å². The predicted octanol–water partition coefficient (Wildman–Crippen LogP) is 4.35. The lowest BCUT2D eigenvalue weighted by molar-refractivity contribution is -0.139. The van der Waals surface area contributed by atoms with Gasteiger partial charge in [-0.1, -0.05) is 25.1 Å². The van der Waals surface area contributed by atoms with Crippen LogP contribution in [0, 0.1) is 5.82 Å². The van der Waals surface area contributed by atoms with E-state index in [-0.39, 0.29) is 11.7 Å². The van der Waals surface area contributed by atoms with Gasteiger partial charge >= 0.3 is 6.18 Å². The minimum atomic E-state index is -4.40. The molecule has 1 atom stereocenters. The van der Waals surface area contributed by atoms with E-state index in [1.165, 1.54) is 24.3 Å². The first-order valence-corrected chi connectivity index (χ1v) is 9.41. The van der Waals surface area contributed by atoms with Crippen LogP contribution in [0.25, 0.3) is 0 Å². The van der Waals surface area contributed by atoms with Crippen molar-refractivity contribution in [1.29, 1.82) is 0 Å². The highest BCUT2D eigenvalue weighted by atomic mass is 19.4. The SMILES string of the molecule is CC[C@H](Oc1ccccc1F)C(=O)N1CCN(c2cccc(C(F)(F)F)c2)CC1. The molecule has 3 rings (SSSR count). The molecule has 1 amide bonds. The van der Waals surface area contributed by atoms with Gasteiger partial charge in [-0.3, -0.25) is 4.79 Å². The molecule has 0 spiro atoms. The third kappa shape index (κ3) is 4.99. The molecule has 0 bridgehead atoms. The van der Waals surface area contributed by atoms with E-state index in [4.69, 9.17) is 4.74 Å². The van der Waals surface area contributed by atoms with Crippen LogP contribution in [0.3, 0.4) is 0 Å². The second-order valence-electron chi connectivity index (χ2n) is 6.81. The number of hydrogen-bond donors (Lipinski definition) is 0. The first kappa shape index (κ1) is 21.0. The fourth-order valence-corrected chi connectivity index (χ4v) is 3.27. The molecule has 0 unspecified atom stereocenters. The number of halogens is 4. The van der Waals surface area contributed by atoms with E-state index >= 15 is 0 Å². The number of piperazine rings is 1. The highest BCUT2D eigenvalue weighted by molar-refractivity contribution is 5.81. The molecule has 0 N–H and O–H groups in total. The molecule has 8 heteroatoms. The third-order valence-corrected chi connectivity index (χ3v) is 4.88. The Kier molecular flexibility index (Phi) is 6.30. The zero-order valence-corrected chi connectivity index (χ0v) is 16.0. The molecule has 1 fully saturated rings. The fourth-order valence-electron chi connectivity index (χ4n) is 3.27. The minimum absolute atomic E-state index is 0.0234. The molecule has 4 nitrogen and oxygen atoms in total. The predicted molar refractivity (Wildman–Crippen MR) is 101 cm³/mol. The standard InChI is InChI=1S/C21H22F4N2O2/c1-2-18(29-19-9-4-3-8-17(19)22)20(28)27-12-10-26(11-13-27)16-7-5-6-15(14-16)21(23,24)25/h3-9,14,18H,2,10-13H2,1H3/t18-/m0/s1. The average Bonchev–Trinajstić information content (AvgIpc) is 2.72. The maximum atomic E-state index is 13.8. The van der Waals surface area contributed by atoms with Gasteiger partial charge in [0.05, 0.1) is 5.56 Å². The van der Waals surface area contributed by atoms with Gasteiger partial charge in [0.2, 0.25) is 0 Å². The molecular formula is C21H22F4N2O2. The van der Waals surface area contributed by atoms with Crippen molar-refractivity contribution in [2.75, 3.05) is 31.1 Å². The van der Waals surface area contributed by atoms with Crippen molar-refractivity contribution in [2.45, 2.75) is 25.6 Å². The summed E-state index contributed by atoms with van der Waals surface area (Å²) < 4.78 is 58.2. The number of hydrogen-bond acceptors (Lipinski definition) is 3. The summed E-state index contributed by atoms with van der Waals surface area (Å²) in [5.74, 6) is -0.761. The number of ether oxygens (including phenoxy) is 1. The molecule has 0 saturated carbocycles. The van der Waals surface area contributed by atoms with Gasteiger partial charge in [0.25, 0.3) is 5.91 Å². The van der Waals surface area contributed by atoms with Crippen LogP contribution in [-0.2, 0) is 11.0 Å². The Morgan fingerprint density at radius 1 is 1.07 bits per heavy atom. The van der Waals surface area contributed by atoms with E-state index in [2.05, 4.69) is 0 Å². The van der Waals surface area contributed by atoms with Gasteiger partial charge in [-0.2, -0.15) is 13.2 Å². The quantitative estimate of drug-likeness (QED) is 0.687. The second-order valence-corrected chi connectivity index (χ2v) is 6.81. The zero-order chi connectivity index (χ0) is 21.0. The van der Waals surface area contributed by atoms with Crippen molar-refractivity contribution in [3.05, 3.63) is 59.9 Å². The Morgan fingerprint density at radius 2 is 1.76 bits per heavy atom. The average molecular weight is 410 g/mol.